The Kier molecular flexibility index (Phi) is 11.8. The summed E-state index contributed by atoms with van der Waals surface area (Å²) >= 11 is 0. The topological polar surface area (TPSA) is 108 Å². The second kappa shape index (κ2) is 17.6. The molecule has 0 unspecified atom stereocenters. The van der Waals surface area contributed by atoms with Crippen molar-refractivity contribution in [2.45, 2.75) is 109 Å². The Morgan fingerprint density at radius 1 is 0.583 bits per heavy atom. The Labute approximate surface area is 349 Å². The van der Waals surface area contributed by atoms with Gasteiger partial charge in [-0.1, -0.05) is 25.3 Å². The van der Waals surface area contributed by atoms with E-state index in [9.17, 15) is 14.0 Å². The third kappa shape index (κ3) is 8.45. The Bertz CT molecular complexity index is 2550. The van der Waals surface area contributed by atoms with Crippen LogP contribution in [0.3, 0.4) is 0 Å². The van der Waals surface area contributed by atoms with Crippen LogP contribution in [0, 0.1) is 19.7 Å². The van der Waals surface area contributed by atoms with E-state index in [1.807, 2.05) is 55.5 Å². The predicted molar refractivity (Wildman–Crippen MR) is 232 cm³/mol. The summed E-state index contributed by atoms with van der Waals surface area (Å²) in [6.07, 6.45) is 17.6. The van der Waals surface area contributed by atoms with Crippen LogP contribution in [0.25, 0.3) is 33.2 Å². The average Bonchev–Trinajstić information content (AvgIpc) is 3.79. The fourth-order valence-corrected chi connectivity index (χ4v) is 9.50. The predicted octanol–water partition coefficient (Wildman–Crippen LogP) is 8.10. The standard InChI is InChI=1S/C24H26FN3O2.C24H28N4O2/c1-16-26-23-21(6-3-7-22(23)25)24(29)28(16)18-8-10-19(11-9-18)30-20-12-14-27(15-13-20)17-4-2-5-17;1-17-26-23-10-13-25-16-22(23)24(29)28(17)19-6-8-20(9-7-19)30-21-11-14-27(15-12-21)18-4-2-3-5-18/h3,6-11,17,20H,2,4-5,12-15H2,1H3;6-10,13,16,18,21H,2-5,11-12,14-15H2,1H3. The van der Waals surface area contributed by atoms with Crippen LogP contribution >= 0.6 is 0 Å². The van der Waals surface area contributed by atoms with Crippen molar-refractivity contribution in [2.24, 2.45) is 0 Å². The number of likely N-dealkylation sites (tertiary alicyclic amines) is 2. The summed E-state index contributed by atoms with van der Waals surface area (Å²) in [5.41, 5.74) is 1.91. The van der Waals surface area contributed by atoms with Gasteiger partial charge in [0.1, 0.15) is 46.7 Å². The van der Waals surface area contributed by atoms with Gasteiger partial charge in [0.05, 0.1) is 27.7 Å². The molecular formula is C48H54FN7O4. The molecule has 2 aliphatic carbocycles. The summed E-state index contributed by atoms with van der Waals surface area (Å²) in [7, 11) is 0. The Morgan fingerprint density at radius 2 is 1.08 bits per heavy atom. The Balaban J connectivity index is 0.000000154. The molecule has 3 aromatic heterocycles. The largest absolute Gasteiger partial charge is 0.490 e. The zero-order valence-corrected chi connectivity index (χ0v) is 34.6. The SMILES string of the molecule is Cc1nc2c(F)cccc2c(=O)n1-c1ccc(OC2CCN(C3CCC3)CC2)cc1.Cc1nc2ccncc2c(=O)n1-c1ccc(OC2CCN(C3CCCC3)CC2)cc1. The van der Waals surface area contributed by atoms with E-state index >= 15 is 0 Å². The van der Waals surface area contributed by atoms with Gasteiger partial charge >= 0.3 is 0 Å². The number of benzene rings is 3. The van der Waals surface area contributed by atoms with E-state index in [0.717, 1.165) is 81.1 Å². The van der Waals surface area contributed by atoms with Crippen molar-refractivity contribution in [3.63, 3.8) is 0 Å². The molecule has 2 aliphatic heterocycles. The second-order valence-corrected chi connectivity index (χ2v) is 16.8. The molecule has 2 saturated heterocycles. The van der Waals surface area contributed by atoms with Crippen molar-refractivity contribution >= 4 is 21.8 Å². The molecule has 5 heterocycles. The number of aromatic nitrogens is 5. The number of ether oxygens (including phenoxy) is 2. The van der Waals surface area contributed by atoms with Crippen LogP contribution < -0.4 is 20.6 Å². The van der Waals surface area contributed by atoms with Crippen molar-refractivity contribution in [1.29, 1.82) is 0 Å². The molecule has 11 nitrogen and oxygen atoms in total. The maximum absolute atomic E-state index is 14.0. The van der Waals surface area contributed by atoms with Gasteiger partial charge in [-0.05, 0) is 132 Å². The molecular weight excluding hydrogens is 758 g/mol. The lowest BCUT2D eigenvalue weighted by molar-refractivity contribution is 0.0493. The molecule has 4 fully saturated rings. The van der Waals surface area contributed by atoms with E-state index in [1.54, 1.807) is 36.0 Å². The van der Waals surface area contributed by atoms with E-state index in [0.29, 0.717) is 28.2 Å². The summed E-state index contributed by atoms with van der Waals surface area (Å²) < 4.78 is 29.6. The van der Waals surface area contributed by atoms with Crippen molar-refractivity contribution in [3.8, 4) is 22.9 Å². The first kappa shape index (κ1) is 40.0. The molecule has 0 bridgehead atoms. The van der Waals surface area contributed by atoms with Gasteiger partial charge in [0.15, 0.2) is 0 Å². The highest BCUT2D eigenvalue weighted by Crippen LogP contribution is 2.30. The number of halogens is 1. The number of para-hydroxylation sites is 1. The van der Waals surface area contributed by atoms with E-state index in [1.165, 1.54) is 61.6 Å². The van der Waals surface area contributed by atoms with Crippen molar-refractivity contribution in [1.82, 2.24) is 33.9 Å². The third-order valence-electron chi connectivity index (χ3n) is 13.0. The first-order chi connectivity index (χ1) is 29.3. The minimum atomic E-state index is -0.480. The molecule has 4 aliphatic rings. The highest BCUT2D eigenvalue weighted by atomic mass is 19.1. The molecule has 0 amide bonds. The maximum atomic E-state index is 14.0. The second-order valence-electron chi connectivity index (χ2n) is 16.8. The molecule has 312 valence electrons. The van der Waals surface area contributed by atoms with Crippen LogP contribution in [0.15, 0.2) is 94.8 Å². The van der Waals surface area contributed by atoms with Crippen molar-refractivity contribution in [2.75, 3.05) is 26.2 Å². The zero-order chi connectivity index (χ0) is 41.2. The van der Waals surface area contributed by atoms with Gasteiger partial charge in [-0.3, -0.25) is 23.7 Å². The number of rotatable bonds is 8. The van der Waals surface area contributed by atoms with Crippen LogP contribution in [-0.2, 0) is 0 Å². The molecule has 10 rings (SSSR count). The molecule has 3 aromatic carbocycles. The van der Waals surface area contributed by atoms with Gasteiger partial charge in [-0.15, -0.1) is 0 Å². The zero-order valence-electron chi connectivity index (χ0n) is 34.6. The number of piperidine rings is 2. The fourth-order valence-electron chi connectivity index (χ4n) is 9.50. The van der Waals surface area contributed by atoms with Crippen LogP contribution in [0.5, 0.6) is 11.5 Å². The van der Waals surface area contributed by atoms with E-state index in [2.05, 4.69) is 24.8 Å². The highest BCUT2D eigenvalue weighted by Gasteiger charge is 2.30. The minimum absolute atomic E-state index is 0.0986. The summed E-state index contributed by atoms with van der Waals surface area (Å²) in [5.74, 6) is 2.30. The van der Waals surface area contributed by atoms with Gasteiger partial charge in [0.2, 0.25) is 0 Å². The van der Waals surface area contributed by atoms with Gasteiger partial charge in [-0.25, -0.2) is 14.4 Å². The van der Waals surface area contributed by atoms with Gasteiger partial charge in [0, 0.05) is 50.7 Å². The molecule has 0 radical (unpaired) electrons. The third-order valence-corrected chi connectivity index (χ3v) is 13.0. The van der Waals surface area contributed by atoms with Gasteiger partial charge in [0.25, 0.3) is 11.1 Å². The van der Waals surface area contributed by atoms with Crippen LogP contribution in [0.1, 0.15) is 82.3 Å². The normalized spacial score (nSPS) is 18.6. The minimum Gasteiger partial charge on any atom is -0.490 e. The van der Waals surface area contributed by atoms with Crippen LogP contribution in [-0.4, -0.2) is 84.4 Å². The van der Waals surface area contributed by atoms with Crippen molar-refractivity contribution < 1.29 is 13.9 Å². The number of aryl methyl sites for hydroxylation is 2. The molecule has 2 saturated carbocycles. The van der Waals surface area contributed by atoms with Crippen LogP contribution in [0.4, 0.5) is 4.39 Å². The molecule has 0 N–H and O–H groups in total. The first-order valence-electron chi connectivity index (χ1n) is 21.8. The molecule has 0 atom stereocenters. The summed E-state index contributed by atoms with van der Waals surface area (Å²) in [6.45, 7) is 8.07. The Hall–Kier alpha value is -5.46. The first-order valence-corrected chi connectivity index (χ1v) is 21.8. The number of nitrogens with zero attached hydrogens (tertiary/aromatic N) is 7. The summed E-state index contributed by atoms with van der Waals surface area (Å²) in [5, 5.41) is 0.802. The number of fused-ring (bicyclic) bond motifs is 2. The van der Waals surface area contributed by atoms with E-state index < -0.39 is 5.82 Å². The van der Waals surface area contributed by atoms with E-state index in [-0.39, 0.29) is 34.2 Å². The summed E-state index contributed by atoms with van der Waals surface area (Å²) in [4.78, 5) is 44.1. The fraction of sp³-hybridized carbons (Fsp3) is 0.438. The highest BCUT2D eigenvalue weighted by molar-refractivity contribution is 5.78. The number of pyridine rings is 1. The number of hydrogen-bond acceptors (Lipinski definition) is 9. The van der Waals surface area contributed by atoms with Gasteiger partial charge < -0.3 is 19.3 Å². The average molecular weight is 812 g/mol. The number of hydrogen-bond donors (Lipinski definition) is 0. The molecule has 12 heteroatoms. The summed E-state index contributed by atoms with van der Waals surface area (Å²) in [6, 6.07) is 23.1. The Morgan fingerprint density at radius 3 is 1.60 bits per heavy atom. The monoisotopic (exact) mass is 811 g/mol. The van der Waals surface area contributed by atoms with E-state index in [4.69, 9.17) is 9.47 Å². The molecule has 6 aromatic rings. The van der Waals surface area contributed by atoms with Crippen LogP contribution in [0.2, 0.25) is 0 Å². The lowest BCUT2D eigenvalue weighted by atomic mass is 9.90. The lowest BCUT2D eigenvalue weighted by Gasteiger charge is -2.41. The quantitative estimate of drug-likeness (QED) is 0.151. The molecule has 0 spiro atoms. The maximum Gasteiger partial charge on any atom is 0.267 e. The molecule has 60 heavy (non-hydrogen) atoms. The smallest absolute Gasteiger partial charge is 0.267 e. The van der Waals surface area contributed by atoms with Crippen molar-refractivity contribution in [3.05, 3.63) is 123 Å². The van der Waals surface area contributed by atoms with Gasteiger partial charge in [-0.2, -0.15) is 0 Å². The lowest BCUT2D eigenvalue weighted by Crippen LogP contribution is -2.46.